The third kappa shape index (κ3) is 3.47. The number of likely N-dealkylation sites (N-methyl/N-ethyl adjacent to an activating group) is 1. The molecular weight excluding hydrogens is 308 g/mol. The summed E-state index contributed by atoms with van der Waals surface area (Å²) in [5.41, 5.74) is 0. The molecule has 1 aliphatic heterocycles. The molecule has 1 fully saturated rings. The predicted molar refractivity (Wildman–Crippen MR) is 68.9 cm³/mol. The summed E-state index contributed by atoms with van der Waals surface area (Å²) in [6, 6.07) is 0. The SMILES string of the molecule is CCCCCCN1CN(C)C(Br)C1Br. The monoisotopic (exact) mass is 326 g/mol. The smallest absolute Gasteiger partial charge is 0.0924 e. The molecular formula is C10H20Br2N2. The minimum atomic E-state index is 0.452. The molecule has 1 heterocycles. The average molecular weight is 328 g/mol. The van der Waals surface area contributed by atoms with E-state index in [9.17, 15) is 0 Å². The molecule has 0 bridgehead atoms. The number of rotatable bonds is 5. The van der Waals surface area contributed by atoms with Crippen molar-refractivity contribution in [3.63, 3.8) is 0 Å². The average Bonchev–Trinajstić information content (AvgIpc) is 2.41. The quantitative estimate of drug-likeness (QED) is 0.434. The number of halogens is 2. The van der Waals surface area contributed by atoms with E-state index in [0.717, 1.165) is 6.67 Å². The van der Waals surface area contributed by atoms with Crippen molar-refractivity contribution in [3.8, 4) is 0 Å². The summed E-state index contributed by atoms with van der Waals surface area (Å²) in [6.07, 6.45) is 5.37. The first kappa shape index (κ1) is 12.9. The predicted octanol–water partition coefficient (Wildman–Crippen LogP) is 3.21. The Hall–Kier alpha value is 0.880. The number of hydrogen-bond donors (Lipinski definition) is 0. The van der Waals surface area contributed by atoms with Gasteiger partial charge in [0, 0.05) is 6.54 Å². The van der Waals surface area contributed by atoms with Crippen LogP contribution in [0.3, 0.4) is 0 Å². The van der Waals surface area contributed by atoms with E-state index in [0.29, 0.717) is 9.90 Å². The van der Waals surface area contributed by atoms with Crippen LogP contribution in [-0.4, -0.2) is 40.0 Å². The van der Waals surface area contributed by atoms with Crippen LogP contribution in [0.2, 0.25) is 0 Å². The van der Waals surface area contributed by atoms with Gasteiger partial charge in [-0.15, -0.1) is 0 Å². The lowest BCUT2D eigenvalue weighted by atomic mass is 10.2. The maximum atomic E-state index is 3.72. The minimum Gasteiger partial charge on any atom is -0.279 e. The molecule has 1 rings (SSSR count). The van der Waals surface area contributed by atoms with E-state index in [1.54, 1.807) is 0 Å². The molecule has 2 unspecified atom stereocenters. The molecule has 0 saturated carbocycles. The lowest BCUT2D eigenvalue weighted by Crippen LogP contribution is -2.28. The Kier molecular flexibility index (Phi) is 5.97. The van der Waals surface area contributed by atoms with Gasteiger partial charge in [-0.25, -0.2) is 0 Å². The molecule has 2 nitrogen and oxygen atoms in total. The third-order valence-electron chi connectivity index (χ3n) is 2.70. The zero-order valence-corrected chi connectivity index (χ0v) is 12.2. The molecule has 0 amide bonds. The van der Waals surface area contributed by atoms with Gasteiger partial charge in [0.25, 0.3) is 0 Å². The van der Waals surface area contributed by atoms with Crippen molar-refractivity contribution < 1.29 is 0 Å². The summed E-state index contributed by atoms with van der Waals surface area (Å²) in [7, 11) is 2.15. The Balaban J connectivity index is 2.19. The molecule has 2 atom stereocenters. The van der Waals surface area contributed by atoms with Crippen molar-refractivity contribution in [2.24, 2.45) is 0 Å². The molecule has 0 aliphatic carbocycles. The second-order valence-corrected chi connectivity index (χ2v) is 5.89. The van der Waals surface area contributed by atoms with E-state index < -0.39 is 0 Å². The highest BCUT2D eigenvalue weighted by atomic mass is 79.9. The first-order valence-corrected chi connectivity index (χ1v) is 7.22. The maximum absolute atomic E-state index is 3.72. The summed E-state index contributed by atoms with van der Waals surface area (Å²) in [4.78, 5) is 5.72. The van der Waals surface area contributed by atoms with Crippen LogP contribution < -0.4 is 0 Å². The van der Waals surface area contributed by atoms with Crippen molar-refractivity contribution in [2.75, 3.05) is 20.3 Å². The molecule has 14 heavy (non-hydrogen) atoms. The standard InChI is InChI=1S/C10H20Br2N2/c1-3-4-5-6-7-14-8-13(2)9(11)10(14)12/h9-10H,3-8H2,1-2H3. The van der Waals surface area contributed by atoms with E-state index in [-0.39, 0.29) is 0 Å². The summed E-state index contributed by atoms with van der Waals surface area (Å²) in [6.45, 7) is 4.53. The maximum Gasteiger partial charge on any atom is 0.0924 e. The molecule has 84 valence electrons. The van der Waals surface area contributed by atoms with Gasteiger partial charge in [-0.05, 0) is 13.5 Å². The first-order valence-electron chi connectivity index (χ1n) is 5.39. The highest BCUT2D eigenvalue weighted by Gasteiger charge is 2.33. The van der Waals surface area contributed by atoms with Crippen molar-refractivity contribution in [3.05, 3.63) is 0 Å². The van der Waals surface area contributed by atoms with E-state index in [1.165, 1.54) is 32.2 Å². The van der Waals surface area contributed by atoms with Gasteiger partial charge in [0.2, 0.25) is 0 Å². The molecule has 0 aromatic carbocycles. The van der Waals surface area contributed by atoms with Crippen LogP contribution in [0, 0.1) is 0 Å². The zero-order chi connectivity index (χ0) is 10.6. The Morgan fingerprint density at radius 2 is 1.86 bits per heavy atom. The van der Waals surface area contributed by atoms with Gasteiger partial charge in [0.1, 0.15) is 0 Å². The van der Waals surface area contributed by atoms with Gasteiger partial charge < -0.3 is 0 Å². The Labute approximate surface area is 104 Å². The minimum absolute atomic E-state index is 0.452. The number of hydrogen-bond acceptors (Lipinski definition) is 2. The normalized spacial score (nSPS) is 30.0. The summed E-state index contributed by atoms with van der Waals surface area (Å²) in [5, 5.41) is 0. The van der Waals surface area contributed by atoms with Gasteiger partial charge in [0.15, 0.2) is 0 Å². The van der Waals surface area contributed by atoms with Crippen molar-refractivity contribution in [2.45, 2.75) is 42.5 Å². The Morgan fingerprint density at radius 3 is 2.36 bits per heavy atom. The molecule has 0 aromatic heterocycles. The second-order valence-electron chi connectivity index (χ2n) is 4.02. The Bertz CT molecular complexity index is 166. The van der Waals surface area contributed by atoms with Gasteiger partial charge in [-0.1, -0.05) is 58.0 Å². The van der Waals surface area contributed by atoms with Crippen LogP contribution in [0.4, 0.5) is 0 Å². The molecule has 0 aromatic rings. The highest BCUT2D eigenvalue weighted by Crippen LogP contribution is 2.28. The summed E-state index contributed by atoms with van der Waals surface area (Å²) >= 11 is 7.39. The second kappa shape index (κ2) is 6.46. The Morgan fingerprint density at radius 1 is 1.14 bits per heavy atom. The van der Waals surface area contributed by atoms with E-state index in [4.69, 9.17) is 0 Å². The van der Waals surface area contributed by atoms with Gasteiger partial charge >= 0.3 is 0 Å². The summed E-state index contributed by atoms with van der Waals surface area (Å²) < 4.78 is 0. The largest absolute Gasteiger partial charge is 0.279 e. The van der Waals surface area contributed by atoms with E-state index >= 15 is 0 Å². The van der Waals surface area contributed by atoms with E-state index in [1.807, 2.05) is 0 Å². The topological polar surface area (TPSA) is 6.48 Å². The van der Waals surface area contributed by atoms with Gasteiger partial charge in [-0.2, -0.15) is 0 Å². The third-order valence-corrected chi connectivity index (χ3v) is 5.69. The van der Waals surface area contributed by atoms with Crippen LogP contribution in [0.15, 0.2) is 0 Å². The number of nitrogens with zero attached hydrogens (tertiary/aromatic N) is 2. The molecule has 1 aliphatic rings. The van der Waals surface area contributed by atoms with Crippen LogP contribution in [0.1, 0.15) is 32.6 Å². The first-order chi connectivity index (χ1) is 6.66. The van der Waals surface area contributed by atoms with Crippen LogP contribution in [0.5, 0.6) is 0 Å². The molecule has 0 spiro atoms. The van der Waals surface area contributed by atoms with Crippen molar-refractivity contribution in [1.29, 1.82) is 0 Å². The lowest BCUT2D eigenvalue weighted by Gasteiger charge is -2.18. The van der Waals surface area contributed by atoms with Crippen molar-refractivity contribution in [1.82, 2.24) is 9.80 Å². The van der Waals surface area contributed by atoms with Crippen LogP contribution >= 0.6 is 31.9 Å². The van der Waals surface area contributed by atoms with Gasteiger partial charge in [-0.3, -0.25) is 9.80 Å². The van der Waals surface area contributed by atoms with Crippen LogP contribution in [-0.2, 0) is 0 Å². The van der Waals surface area contributed by atoms with Crippen LogP contribution in [0.25, 0.3) is 0 Å². The zero-order valence-electron chi connectivity index (χ0n) is 9.05. The fourth-order valence-electron chi connectivity index (χ4n) is 1.76. The molecule has 0 N–H and O–H groups in total. The van der Waals surface area contributed by atoms with Crippen molar-refractivity contribution >= 4 is 31.9 Å². The number of alkyl halides is 2. The number of unbranched alkanes of at least 4 members (excludes halogenated alkanes) is 3. The van der Waals surface area contributed by atoms with E-state index in [2.05, 4.69) is 55.6 Å². The molecule has 1 saturated heterocycles. The fraction of sp³-hybridized carbons (Fsp3) is 1.00. The lowest BCUT2D eigenvalue weighted by molar-refractivity contribution is 0.262. The highest BCUT2D eigenvalue weighted by molar-refractivity contribution is 9.12. The summed E-state index contributed by atoms with van der Waals surface area (Å²) in [5.74, 6) is 0. The molecule has 4 heteroatoms. The molecule has 0 radical (unpaired) electrons. The fourth-order valence-corrected chi connectivity index (χ4v) is 2.96. The van der Waals surface area contributed by atoms with Gasteiger partial charge in [0.05, 0.1) is 16.6 Å².